The number of nitrogens with two attached hydrogens (primary N) is 1. The van der Waals surface area contributed by atoms with Gasteiger partial charge < -0.3 is 10.3 Å². The molecule has 0 bridgehead atoms. The lowest BCUT2D eigenvalue weighted by molar-refractivity contribution is -0.159. The lowest BCUT2D eigenvalue weighted by Gasteiger charge is -2.05. The van der Waals surface area contributed by atoms with Crippen molar-refractivity contribution in [3.8, 4) is 0 Å². The van der Waals surface area contributed by atoms with Gasteiger partial charge in [0.1, 0.15) is 0 Å². The second-order valence-electron chi connectivity index (χ2n) is 3.20. The van der Waals surface area contributed by atoms with E-state index in [1.165, 1.54) is 0 Å². The van der Waals surface area contributed by atoms with Gasteiger partial charge in [-0.15, -0.1) is 0 Å². The molecule has 0 aliphatic rings. The van der Waals surface area contributed by atoms with Crippen molar-refractivity contribution in [3.05, 3.63) is 11.7 Å². The van der Waals surface area contributed by atoms with Crippen molar-refractivity contribution in [1.82, 2.24) is 10.1 Å². The van der Waals surface area contributed by atoms with Crippen LogP contribution in [0.2, 0.25) is 0 Å². The van der Waals surface area contributed by atoms with Gasteiger partial charge in [-0.1, -0.05) is 5.16 Å². The number of thioether (sulfide) groups is 1. The first kappa shape index (κ1) is 13.3. The van der Waals surface area contributed by atoms with Gasteiger partial charge >= 0.3 is 12.1 Å². The predicted octanol–water partition coefficient (Wildman–Crippen LogP) is 2.23. The highest BCUT2D eigenvalue weighted by atomic mass is 32.2. The molecule has 0 amide bonds. The average Bonchev–Trinajstić information content (AvgIpc) is 2.66. The molecule has 1 atom stereocenters. The topological polar surface area (TPSA) is 64.9 Å². The molecule has 0 saturated carbocycles. The van der Waals surface area contributed by atoms with Crippen LogP contribution >= 0.6 is 11.8 Å². The molecule has 16 heavy (non-hydrogen) atoms. The Hall–Kier alpha value is -0.760. The Labute approximate surface area is 94.8 Å². The van der Waals surface area contributed by atoms with Crippen LogP contribution in [0.5, 0.6) is 0 Å². The first-order valence-corrected chi connectivity index (χ1v) is 6.00. The molecule has 0 radical (unpaired) electrons. The first-order valence-electron chi connectivity index (χ1n) is 4.60. The molecule has 0 aliphatic heterocycles. The maximum absolute atomic E-state index is 12.1. The van der Waals surface area contributed by atoms with E-state index in [1.807, 2.05) is 6.26 Å². The van der Waals surface area contributed by atoms with Gasteiger partial charge in [0.15, 0.2) is 5.82 Å². The van der Waals surface area contributed by atoms with Crippen LogP contribution in [-0.2, 0) is 6.18 Å². The zero-order valence-electron chi connectivity index (χ0n) is 8.62. The molecular formula is C8H12F3N3OS. The van der Waals surface area contributed by atoms with Crippen LogP contribution < -0.4 is 5.73 Å². The zero-order chi connectivity index (χ0) is 12.2. The Morgan fingerprint density at radius 3 is 2.69 bits per heavy atom. The first-order chi connectivity index (χ1) is 7.45. The van der Waals surface area contributed by atoms with E-state index in [1.54, 1.807) is 11.8 Å². The Morgan fingerprint density at radius 2 is 2.19 bits per heavy atom. The van der Waals surface area contributed by atoms with Crippen molar-refractivity contribution >= 4 is 11.8 Å². The lowest BCUT2D eigenvalue weighted by Crippen LogP contribution is -2.13. The molecule has 0 aliphatic carbocycles. The van der Waals surface area contributed by atoms with Crippen LogP contribution in [0.25, 0.3) is 0 Å². The van der Waals surface area contributed by atoms with Gasteiger partial charge in [0, 0.05) is 0 Å². The summed E-state index contributed by atoms with van der Waals surface area (Å²) in [5.74, 6) is -0.534. The highest BCUT2D eigenvalue weighted by molar-refractivity contribution is 7.98. The van der Waals surface area contributed by atoms with Crippen LogP contribution in [0.4, 0.5) is 13.2 Å². The van der Waals surface area contributed by atoms with Gasteiger partial charge in [-0.25, -0.2) is 0 Å². The quantitative estimate of drug-likeness (QED) is 0.817. The number of alkyl halides is 3. The summed E-state index contributed by atoms with van der Waals surface area (Å²) in [7, 11) is 0. The van der Waals surface area contributed by atoms with Crippen molar-refractivity contribution in [2.45, 2.75) is 25.1 Å². The monoisotopic (exact) mass is 255 g/mol. The zero-order valence-corrected chi connectivity index (χ0v) is 9.44. The Morgan fingerprint density at radius 1 is 1.50 bits per heavy atom. The van der Waals surface area contributed by atoms with Crippen LogP contribution in [0.3, 0.4) is 0 Å². The molecule has 1 aromatic rings. The van der Waals surface area contributed by atoms with Crippen molar-refractivity contribution in [3.63, 3.8) is 0 Å². The smallest absolute Gasteiger partial charge is 0.329 e. The Kier molecular flexibility index (Phi) is 4.60. The third-order valence-electron chi connectivity index (χ3n) is 1.88. The van der Waals surface area contributed by atoms with Crippen molar-refractivity contribution in [1.29, 1.82) is 0 Å². The van der Waals surface area contributed by atoms with Gasteiger partial charge in [0.25, 0.3) is 0 Å². The molecule has 1 rings (SSSR count). The number of nitrogens with zero attached hydrogens (tertiary/aromatic N) is 2. The lowest BCUT2D eigenvalue weighted by atomic mass is 10.2. The molecule has 8 heteroatoms. The summed E-state index contributed by atoms with van der Waals surface area (Å²) in [6.45, 7) is 0. The van der Waals surface area contributed by atoms with Gasteiger partial charge in [0.2, 0.25) is 0 Å². The summed E-state index contributed by atoms with van der Waals surface area (Å²) in [6.07, 6.45) is -1.32. The van der Waals surface area contributed by atoms with E-state index in [9.17, 15) is 13.2 Å². The molecule has 4 nitrogen and oxygen atoms in total. The highest BCUT2D eigenvalue weighted by Gasteiger charge is 2.38. The van der Waals surface area contributed by atoms with E-state index in [4.69, 9.17) is 5.73 Å². The fourth-order valence-corrected chi connectivity index (χ4v) is 1.53. The largest absolute Gasteiger partial charge is 0.471 e. The molecule has 0 saturated heterocycles. The molecular weight excluding hydrogens is 243 g/mol. The third-order valence-corrected chi connectivity index (χ3v) is 2.58. The molecule has 92 valence electrons. The van der Waals surface area contributed by atoms with E-state index in [0.717, 1.165) is 12.2 Å². The van der Waals surface area contributed by atoms with Crippen molar-refractivity contribution < 1.29 is 17.7 Å². The standard InChI is InChI=1S/C8H12F3N3OS/c1-16-4-2-3-5(12)6-13-7(15-14-6)8(9,10)11/h5H,2-4,12H2,1H3. The summed E-state index contributed by atoms with van der Waals surface area (Å²) in [5.41, 5.74) is 5.63. The Balaban J connectivity index is 2.56. The van der Waals surface area contributed by atoms with Crippen LogP contribution in [-0.4, -0.2) is 22.1 Å². The normalized spacial score (nSPS) is 14.1. The molecule has 0 aromatic carbocycles. The highest BCUT2D eigenvalue weighted by Crippen LogP contribution is 2.28. The van der Waals surface area contributed by atoms with Crippen LogP contribution in [0.15, 0.2) is 4.52 Å². The third kappa shape index (κ3) is 3.67. The van der Waals surface area contributed by atoms with Gasteiger partial charge in [-0.3, -0.25) is 0 Å². The second kappa shape index (κ2) is 5.53. The average molecular weight is 255 g/mol. The maximum atomic E-state index is 12.1. The number of rotatable bonds is 5. The summed E-state index contributed by atoms with van der Waals surface area (Å²) in [4.78, 5) is 3.23. The number of hydrogen-bond donors (Lipinski definition) is 1. The van der Waals surface area contributed by atoms with E-state index in [-0.39, 0.29) is 5.82 Å². The van der Waals surface area contributed by atoms with Gasteiger partial charge in [0.05, 0.1) is 6.04 Å². The van der Waals surface area contributed by atoms with E-state index < -0.39 is 18.1 Å². The summed E-state index contributed by atoms with van der Waals surface area (Å²) < 4.78 is 40.5. The molecule has 1 aromatic heterocycles. The van der Waals surface area contributed by atoms with Crippen LogP contribution in [0.1, 0.15) is 30.6 Å². The summed E-state index contributed by atoms with van der Waals surface area (Å²) in [5, 5.41) is 3.22. The predicted molar refractivity (Wildman–Crippen MR) is 53.8 cm³/mol. The molecule has 2 N–H and O–H groups in total. The van der Waals surface area contributed by atoms with E-state index in [0.29, 0.717) is 6.42 Å². The minimum Gasteiger partial charge on any atom is -0.329 e. The fraction of sp³-hybridized carbons (Fsp3) is 0.750. The number of hydrogen-bond acceptors (Lipinski definition) is 5. The Bertz CT molecular complexity index is 329. The summed E-state index contributed by atoms with van der Waals surface area (Å²) >= 11 is 1.65. The van der Waals surface area contributed by atoms with Gasteiger partial charge in [-0.2, -0.15) is 29.9 Å². The van der Waals surface area contributed by atoms with Crippen molar-refractivity contribution in [2.75, 3.05) is 12.0 Å². The van der Waals surface area contributed by atoms with E-state index >= 15 is 0 Å². The summed E-state index contributed by atoms with van der Waals surface area (Å²) in [6, 6.07) is -0.605. The SMILES string of the molecule is CSCCCC(N)c1noc(C(F)(F)F)n1. The van der Waals surface area contributed by atoms with Gasteiger partial charge in [-0.05, 0) is 24.9 Å². The second-order valence-corrected chi connectivity index (χ2v) is 4.18. The minimum atomic E-state index is -4.61. The molecule has 1 unspecified atom stereocenters. The molecule has 0 spiro atoms. The molecule has 1 heterocycles. The van der Waals surface area contributed by atoms with E-state index in [2.05, 4.69) is 14.7 Å². The molecule has 0 fully saturated rings. The number of aromatic nitrogens is 2. The number of halogens is 3. The van der Waals surface area contributed by atoms with Crippen molar-refractivity contribution in [2.24, 2.45) is 5.73 Å². The minimum absolute atomic E-state index is 0.0894. The fourth-order valence-electron chi connectivity index (χ4n) is 1.08. The van der Waals surface area contributed by atoms with Crippen LogP contribution in [0, 0.1) is 0 Å². The maximum Gasteiger partial charge on any atom is 0.471 e.